The number of nitrogens with zero attached hydrogens (tertiary/aromatic N) is 2. The smallest absolute Gasteiger partial charge is 0.181 e. The number of imidazole rings is 1. The van der Waals surface area contributed by atoms with Crippen molar-refractivity contribution in [2.45, 2.75) is 37.1 Å². The van der Waals surface area contributed by atoms with E-state index in [-0.39, 0.29) is 18.2 Å². The van der Waals surface area contributed by atoms with Gasteiger partial charge in [0.1, 0.15) is 12.1 Å². The Morgan fingerprint density at radius 3 is 2.95 bits per heavy atom. The lowest BCUT2D eigenvalue weighted by molar-refractivity contribution is -0.165. The highest BCUT2D eigenvalue weighted by atomic mass is 16.7. The second-order valence-corrected chi connectivity index (χ2v) is 5.76. The van der Waals surface area contributed by atoms with Gasteiger partial charge < -0.3 is 24.5 Å². The quantitative estimate of drug-likeness (QED) is 0.870. The maximum absolute atomic E-state index is 10.8. The third kappa shape index (κ3) is 2.44. The van der Waals surface area contributed by atoms with Gasteiger partial charge in [0, 0.05) is 18.9 Å². The van der Waals surface area contributed by atoms with E-state index in [1.807, 2.05) is 29.0 Å². The number of benzene rings is 1. The van der Waals surface area contributed by atoms with Gasteiger partial charge in [0.15, 0.2) is 6.29 Å². The molecule has 0 aliphatic carbocycles. The number of hydrogen-bond donors (Lipinski definition) is 2. The van der Waals surface area contributed by atoms with Crippen molar-refractivity contribution in [1.29, 1.82) is 0 Å². The van der Waals surface area contributed by atoms with E-state index in [0.29, 0.717) is 13.2 Å². The molecule has 3 heterocycles. The van der Waals surface area contributed by atoms with Crippen LogP contribution in [0, 0.1) is 0 Å². The lowest BCUT2D eigenvalue weighted by Gasteiger charge is -2.39. The summed E-state index contributed by atoms with van der Waals surface area (Å²) in [4.78, 5) is 4.05. The van der Waals surface area contributed by atoms with Crippen molar-refractivity contribution in [1.82, 2.24) is 14.9 Å². The van der Waals surface area contributed by atoms with E-state index in [4.69, 9.17) is 9.47 Å². The molecule has 22 heavy (non-hydrogen) atoms. The van der Waals surface area contributed by atoms with Gasteiger partial charge in [0.25, 0.3) is 0 Å². The van der Waals surface area contributed by atoms with Crippen LogP contribution in [0.1, 0.15) is 11.6 Å². The molecule has 2 fully saturated rings. The van der Waals surface area contributed by atoms with E-state index in [1.54, 1.807) is 12.5 Å². The predicted octanol–water partition coefficient (Wildman–Crippen LogP) is 0.699. The summed E-state index contributed by atoms with van der Waals surface area (Å²) in [7, 11) is 0. The molecule has 2 bridgehead atoms. The van der Waals surface area contributed by atoms with Crippen molar-refractivity contribution in [2.24, 2.45) is 0 Å². The average Bonchev–Trinajstić information content (AvgIpc) is 3.20. The van der Waals surface area contributed by atoms with Crippen LogP contribution < -0.4 is 5.32 Å². The van der Waals surface area contributed by atoms with Crippen molar-refractivity contribution in [3.05, 3.63) is 54.6 Å². The SMILES string of the molecule is O[C@H]1[C@H](NCc2ccccc2)[C@H]2CO[C@H](O2)[C@@H]1n1ccnc1. The molecule has 2 aromatic rings. The monoisotopic (exact) mass is 301 g/mol. The summed E-state index contributed by atoms with van der Waals surface area (Å²) >= 11 is 0. The van der Waals surface area contributed by atoms with Crippen molar-refractivity contribution in [3.8, 4) is 0 Å². The van der Waals surface area contributed by atoms with Gasteiger partial charge in [0.05, 0.1) is 25.1 Å². The molecule has 0 unspecified atom stereocenters. The summed E-state index contributed by atoms with van der Waals surface area (Å²) in [6.45, 7) is 1.18. The summed E-state index contributed by atoms with van der Waals surface area (Å²) in [6, 6.07) is 9.67. The summed E-state index contributed by atoms with van der Waals surface area (Å²) in [5.41, 5.74) is 1.18. The summed E-state index contributed by atoms with van der Waals surface area (Å²) < 4.78 is 13.5. The molecule has 2 saturated heterocycles. The third-order valence-electron chi connectivity index (χ3n) is 4.38. The number of aromatic nitrogens is 2. The van der Waals surface area contributed by atoms with Crippen LogP contribution in [0.15, 0.2) is 49.1 Å². The van der Waals surface area contributed by atoms with Crippen LogP contribution in [0.5, 0.6) is 0 Å². The lowest BCUT2D eigenvalue weighted by Crippen LogP contribution is -2.57. The van der Waals surface area contributed by atoms with E-state index in [9.17, 15) is 5.11 Å². The Balaban J connectivity index is 1.51. The van der Waals surface area contributed by atoms with E-state index >= 15 is 0 Å². The van der Waals surface area contributed by atoms with Gasteiger partial charge in [-0.2, -0.15) is 0 Å². The van der Waals surface area contributed by atoms with Crippen LogP contribution in [0.2, 0.25) is 0 Å². The number of ether oxygens (including phenoxy) is 2. The lowest BCUT2D eigenvalue weighted by atomic mass is 9.95. The topological polar surface area (TPSA) is 68.5 Å². The Bertz CT molecular complexity index is 604. The van der Waals surface area contributed by atoms with E-state index in [1.165, 1.54) is 5.56 Å². The number of nitrogens with one attached hydrogen (secondary N) is 1. The van der Waals surface area contributed by atoms with Crippen LogP contribution in [0.4, 0.5) is 0 Å². The Hall–Kier alpha value is -1.73. The van der Waals surface area contributed by atoms with Crippen LogP contribution in [-0.2, 0) is 16.0 Å². The molecule has 2 aliphatic heterocycles. The number of aliphatic hydroxyl groups excluding tert-OH is 1. The van der Waals surface area contributed by atoms with Gasteiger partial charge in [-0.3, -0.25) is 0 Å². The second-order valence-electron chi connectivity index (χ2n) is 5.76. The minimum atomic E-state index is -0.593. The molecule has 0 spiro atoms. The first-order valence-corrected chi connectivity index (χ1v) is 7.53. The van der Waals surface area contributed by atoms with Crippen molar-refractivity contribution in [2.75, 3.05) is 6.61 Å². The van der Waals surface area contributed by atoms with E-state index in [2.05, 4.69) is 22.4 Å². The molecule has 6 nitrogen and oxygen atoms in total. The number of aliphatic hydroxyl groups is 1. The first kappa shape index (κ1) is 13.9. The van der Waals surface area contributed by atoms with Crippen molar-refractivity contribution in [3.63, 3.8) is 0 Å². The molecule has 0 saturated carbocycles. The zero-order chi connectivity index (χ0) is 14.9. The first-order valence-electron chi connectivity index (χ1n) is 7.53. The van der Waals surface area contributed by atoms with Crippen LogP contribution in [-0.4, -0.2) is 45.8 Å². The molecule has 4 rings (SSSR count). The minimum absolute atomic E-state index is 0.122. The average molecular weight is 301 g/mol. The Kier molecular flexibility index (Phi) is 3.67. The van der Waals surface area contributed by atoms with Gasteiger partial charge >= 0.3 is 0 Å². The van der Waals surface area contributed by atoms with Gasteiger partial charge in [0.2, 0.25) is 0 Å². The first-order chi connectivity index (χ1) is 10.8. The van der Waals surface area contributed by atoms with Crippen molar-refractivity contribution >= 4 is 0 Å². The van der Waals surface area contributed by atoms with Crippen molar-refractivity contribution < 1.29 is 14.6 Å². The maximum Gasteiger partial charge on any atom is 0.181 e. The Morgan fingerprint density at radius 1 is 1.32 bits per heavy atom. The molecule has 0 amide bonds. The highest BCUT2D eigenvalue weighted by Crippen LogP contribution is 2.35. The molecule has 0 radical (unpaired) electrons. The highest BCUT2D eigenvalue weighted by molar-refractivity contribution is 5.15. The largest absolute Gasteiger partial charge is 0.389 e. The zero-order valence-corrected chi connectivity index (χ0v) is 12.1. The normalized spacial score (nSPS) is 34.0. The summed E-state index contributed by atoms with van der Waals surface area (Å²) in [6.07, 6.45) is 4.08. The predicted molar refractivity (Wildman–Crippen MR) is 79.0 cm³/mol. The molecular formula is C16H19N3O3. The Morgan fingerprint density at radius 2 is 2.18 bits per heavy atom. The molecule has 1 aromatic heterocycles. The standard InChI is InChI=1S/C16H19N3O3/c20-15-13(18-8-11-4-2-1-3-5-11)12-9-21-16(22-12)14(15)19-7-6-17-10-19/h1-7,10,12-16,18,20H,8-9H2/t12-,13-,14-,15+,16-/m1/s1. The van der Waals surface area contributed by atoms with Gasteiger partial charge in [-0.25, -0.2) is 4.98 Å². The van der Waals surface area contributed by atoms with E-state index in [0.717, 1.165) is 0 Å². The second kappa shape index (κ2) is 5.81. The van der Waals surface area contributed by atoms with Gasteiger partial charge in [-0.15, -0.1) is 0 Å². The molecule has 116 valence electrons. The highest BCUT2D eigenvalue weighted by Gasteiger charge is 2.50. The Labute approximate surface area is 128 Å². The maximum atomic E-state index is 10.8. The minimum Gasteiger partial charge on any atom is -0.389 e. The zero-order valence-electron chi connectivity index (χ0n) is 12.1. The van der Waals surface area contributed by atoms with Gasteiger partial charge in [-0.1, -0.05) is 30.3 Å². The summed E-state index contributed by atoms with van der Waals surface area (Å²) in [5, 5.41) is 14.2. The van der Waals surface area contributed by atoms with Gasteiger partial charge in [-0.05, 0) is 5.56 Å². The molecule has 2 N–H and O–H groups in total. The van der Waals surface area contributed by atoms with Crippen LogP contribution in [0.25, 0.3) is 0 Å². The third-order valence-corrected chi connectivity index (χ3v) is 4.38. The number of hydrogen-bond acceptors (Lipinski definition) is 5. The molecule has 1 aromatic carbocycles. The van der Waals surface area contributed by atoms with Crippen LogP contribution >= 0.6 is 0 Å². The fraction of sp³-hybridized carbons (Fsp3) is 0.438. The van der Waals surface area contributed by atoms with E-state index < -0.39 is 12.4 Å². The number of rotatable bonds is 4. The fourth-order valence-electron chi connectivity index (χ4n) is 3.25. The molecule has 5 atom stereocenters. The molecular weight excluding hydrogens is 282 g/mol. The van der Waals surface area contributed by atoms with Crippen LogP contribution in [0.3, 0.4) is 0 Å². The molecule has 2 aliphatic rings. The summed E-state index contributed by atoms with van der Waals surface area (Å²) in [5.74, 6) is 0. The fourth-order valence-corrected chi connectivity index (χ4v) is 3.25. The number of fused-ring (bicyclic) bond motifs is 2. The molecule has 6 heteroatoms.